The minimum atomic E-state index is -0.858. The highest BCUT2D eigenvalue weighted by atomic mass is 19.1. The molecule has 2 aromatic heterocycles. The van der Waals surface area contributed by atoms with Crippen LogP contribution in [0.5, 0.6) is 0 Å². The van der Waals surface area contributed by atoms with Crippen LogP contribution in [0.3, 0.4) is 0 Å². The zero-order valence-electron chi connectivity index (χ0n) is 18.4. The van der Waals surface area contributed by atoms with Crippen LogP contribution in [0.2, 0.25) is 0 Å². The summed E-state index contributed by atoms with van der Waals surface area (Å²) >= 11 is 0. The van der Waals surface area contributed by atoms with E-state index in [9.17, 15) is 14.3 Å². The maximum Gasteiger partial charge on any atom is 0.269 e. The van der Waals surface area contributed by atoms with Gasteiger partial charge in [0, 0.05) is 51.5 Å². The van der Waals surface area contributed by atoms with Gasteiger partial charge in [-0.05, 0) is 42.5 Å². The average Bonchev–Trinajstić information content (AvgIpc) is 3.32. The van der Waals surface area contributed by atoms with Crippen LogP contribution >= 0.6 is 0 Å². The van der Waals surface area contributed by atoms with Crippen molar-refractivity contribution in [2.24, 2.45) is 0 Å². The second-order valence-electron chi connectivity index (χ2n) is 8.57. The summed E-state index contributed by atoms with van der Waals surface area (Å²) in [6.45, 7) is 2.69. The molecule has 5 rings (SSSR count). The Kier molecular flexibility index (Phi) is 5.71. The zero-order chi connectivity index (χ0) is 23.1. The van der Waals surface area contributed by atoms with E-state index in [2.05, 4.69) is 25.5 Å². The fraction of sp³-hybridized carbons (Fsp3) is 0.435. The van der Waals surface area contributed by atoms with Crippen LogP contribution in [0.1, 0.15) is 41.0 Å². The molecule has 174 valence electrons. The van der Waals surface area contributed by atoms with E-state index in [4.69, 9.17) is 0 Å². The number of nitrogens with one attached hydrogen (secondary N) is 2. The topological polar surface area (TPSA) is 93.6 Å². The monoisotopic (exact) mass is 456 g/mol. The van der Waals surface area contributed by atoms with Crippen molar-refractivity contribution in [3.8, 4) is 0 Å². The SMILES string of the molecule is CNC(=O)c1ccc(N2CCN(Cc3cnc4c(c3F)NC(O)C3=C4CCC3)CC2)c(F)n1. The molecule has 0 saturated carbocycles. The average molecular weight is 456 g/mol. The molecule has 4 heterocycles. The zero-order valence-corrected chi connectivity index (χ0v) is 18.4. The highest BCUT2D eigenvalue weighted by molar-refractivity contribution is 5.92. The number of piperazine rings is 1. The van der Waals surface area contributed by atoms with Gasteiger partial charge in [-0.3, -0.25) is 14.7 Å². The smallest absolute Gasteiger partial charge is 0.269 e. The number of rotatable bonds is 4. The third kappa shape index (κ3) is 3.93. The molecule has 3 N–H and O–H groups in total. The third-order valence-corrected chi connectivity index (χ3v) is 6.64. The van der Waals surface area contributed by atoms with Gasteiger partial charge in [0.2, 0.25) is 5.95 Å². The lowest BCUT2D eigenvalue weighted by Gasteiger charge is -2.36. The summed E-state index contributed by atoms with van der Waals surface area (Å²) in [5.74, 6) is -1.49. The summed E-state index contributed by atoms with van der Waals surface area (Å²) < 4.78 is 29.8. The fourth-order valence-corrected chi connectivity index (χ4v) is 4.87. The number of carbonyl (C=O) groups is 1. The van der Waals surface area contributed by atoms with Crippen LogP contribution in [-0.2, 0) is 6.54 Å². The van der Waals surface area contributed by atoms with E-state index in [1.807, 2.05) is 4.90 Å². The number of anilines is 2. The number of amides is 1. The first-order valence-corrected chi connectivity index (χ1v) is 11.2. The molecule has 0 aromatic carbocycles. The Hall–Kier alpha value is -3.11. The molecule has 1 saturated heterocycles. The van der Waals surface area contributed by atoms with Gasteiger partial charge in [-0.1, -0.05) is 0 Å². The van der Waals surface area contributed by atoms with E-state index in [-0.39, 0.29) is 17.2 Å². The number of fused-ring (bicyclic) bond motifs is 2. The minimum Gasteiger partial charge on any atom is -0.370 e. The Morgan fingerprint density at radius 2 is 2.03 bits per heavy atom. The van der Waals surface area contributed by atoms with Crippen molar-refractivity contribution in [3.05, 3.63) is 52.6 Å². The van der Waals surface area contributed by atoms with Crippen LogP contribution < -0.4 is 15.5 Å². The summed E-state index contributed by atoms with van der Waals surface area (Å²) in [5, 5.41) is 15.7. The molecule has 2 aromatic rings. The molecule has 3 aliphatic rings. The largest absolute Gasteiger partial charge is 0.370 e. The Balaban J connectivity index is 1.26. The third-order valence-electron chi connectivity index (χ3n) is 6.64. The minimum absolute atomic E-state index is 0.0342. The molecule has 0 bridgehead atoms. The van der Waals surface area contributed by atoms with Gasteiger partial charge >= 0.3 is 0 Å². The molecule has 2 aliphatic heterocycles. The normalized spacial score (nSPS) is 20.4. The van der Waals surface area contributed by atoms with Crippen LogP contribution in [0.25, 0.3) is 5.57 Å². The molecule has 0 radical (unpaired) electrons. The van der Waals surface area contributed by atoms with Gasteiger partial charge in [0.25, 0.3) is 5.91 Å². The lowest BCUT2D eigenvalue weighted by molar-refractivity contribution is 0.0957. The van der Waals surface area contributed by atoms with Crippen LogP contribution in [0.4, 0.5) is 20.2 Å². The van der Waals surface area contributed by atoms with Crippen molar-refractivity contribution < 1.29 is 18.7 Å². The number of nitrogens with zero attached hydrogens (tertiary/aromatic N) is 4. The summed E-state index contributed by atoms with van der Waals surface area (Å²) in [7, 11) is 1.47. The van der Waals surface area contributed by atoms with Gasteiger partial charge in [0.1, 0.15) is 11.9 Å². The molecule has 10 heteroatoms. The highest BCUT2D eigenvalue weighted by Crippen LogP contribution is 2.42. The maximum atomic E-state index is 15.3. The second kappa shape index (κ2) is 8.68. The fourth-order valence-electron chi connectivity index (χ4n) is 4.87. The number of hydrogen-bond acceptors (Lipinski definition) is 7. The van der Waals surface area contributed by atoms with Crippen molar-refractivity contribution in [2.45, 2.75) is 32.0 Å². The standard InChI is InChI=1S/C23H26F2N6O2/c1-26-23(33)16-5-6-17(21(25)28-16)31-9-7-30(8-10-31)12-13-11-27-19-14-3-2-4-15(14)22(32)29-20(19)18(13)24/h5-6,11,22,29,32H,2-4,7-10,12H2,1H3,(H,26,33). The first-order chi connectivity index (χ1) is 16.0. The van der Waals surface area contributed by atoms with E-state index in [1.165, 1.54) is 13.1 Å². The number of aromatic nitrogens is 2. The van der Waals surface area contributed by atoms with Gasteiger partial charge in [-0.25, -0.2) is 9.37 Å². The molecule has 33 heavy (non-hydrogen) atoms. The van der Waals surface area contributed by atoms with Crippen molar-refractivity contribution >= 4 is 22.9 Å². The Labute approximate surface area is 190 Å². The van der Waals surface area contributed by atoms with E-state index in [0.717, 1.165) is 30.4 Å². The Morgan fingerprint density at radius 1 is 1.24 bits per heavy atom. The Morgan fingerprint density at radius 3 is 2.76 bits per heavy atom. The number of hydrogen-bond donors (Lipinski definition) is 3. The number of allylic oxidation sites excluding steroid dienone is 1. The summed E-state index contributed by atoms with van der Waals surface area (Å²) in [5.41, 5.74) is 3.63. The van der Waals surface area contributed by atoms with Crippen LogP contribution in [0, 0.1) is 11.8 Å². The van der Waals surface area contributed by atoms with Gasteiger partial charge in [-0.2, -0.15) is 4.39 Å². The number of pyridine rings is 2. The molecular weight excluding hydrogens is 430 g/mol. The quantitative estimate of drug-likeness (QED) is 0.607. The maximum absolute atomic E-state index is 15.3. The van der Waals surface area contributed by atoms with Crippen molar-refractivity contribution in [1.82, 2.24) is 20.2 Å². The van der Waals surface area contributed by atoms with E-state index in [1.54, 1.807) is 12.3 Å². The van der Waals surface area contributed by atoms with Gasteiger partial charge in [-0.15, -0.1) is 0 Å². The first kappa shape index (κ1) is 21.7. The Bertz CT molecular complexity index is 1130. The molecule has 1 unspecified atom stereocenters. The lowest BCUT2D eigenvalue weighted by Crippen LogP contribution is -2.46. The van der Waals surface area contributed by atoms with E-state index >= 15 is 4.39 Å². The number of aliphatic hydroxyl groups is 1. The molecule has 1 amide bonds. The lowest BCUT2D eigenvalue weighted by atomic mass is 9.99. The number of carbonyl (C=O) groups excluding carboxylic acids is 1. The van der Waals surface area contributed by atoms with Crippen molar-refractivity contribution in [1.29, 1.82) is 0 Å². The van der Waals surface area contributed by atoms with Crippen molar-refractivity contribution in [3.63, 3.8) is 0 Å². The molecule has 1 fully saturated rings. The van der Waals surface area contributed by atoms with Gasteiger partial charge in [0.15, 0.2) is 5.82 Å². The number of halogens is 2. The number of aliphatic hydroxyl groups excluding tert-OH is 1. The summed E-state index contributed by atoms with van der Waals surface area (Å²) in [6, 6.07) is 3.07. The van der Waals surface area contributed by atoms with Gasteiger partial charge < -0.3 is 20.6 Å². The first-order valence-electron chi connectivity index (χ1n) is 11.2. The highest BCUT2D eigenvalue weighted by Gasteiger charge is 2.32. The second-order valence-corrected chi connectivity index (χ2v) is 8.57. The molecular formula is C23H26F2N6O2. The predicted molar refractivity (Wildman–Crippen MR) is 120 cm³/mol. The van der Waals surface area contributed by atoms with Crippen LogP contribution in [0.15, 0.2) is 23.9 Å². The summed E-state index contributed by atoms with van der Waals surface area (Å²) in [6.07, 6.45) is 3.29. The summed E-state index contributed by atoms with van der Waals surface area (Å²) in [4.78, 5) is 23.9. The van der Waals surface area contributed by atoms with E-state index in [0.29, 0.717) is 49.7 Å². The molecule has 1 aliphatic carbocycles. The predicted octanol–water partition coefficient (Wildman–Crippen LogP) is 2.12. The molecule has 0 spiro atoms. The molecule has 8 nitrogen and oxygen atoms in total. The van der Waals surface area contributed by atoms with Crippen LogP contribution in [-0.4, -0.2) is 65.3 Å². The van der Waals surface area contributed by atoms with E-state index < -0.39 is 18.1 Å². The van der Waals surface area contributed by atoms with Gasteiger partial charge in [0.05, 0.1) is 17.1 Å². The van der Waals surface area contributed by atoms with Crippen molar-refractivity contribution in [2.75, 3.05) is 43.4 Å². The molecule has 1 atom stereocenters.